The minimum absolute atomic E-state index is 0.372. The van der Waals surface area contributed by atoms with Crippen LogP contribution in [0.2, 0.25) is 0 Å². The SMILES string of the molecule is COc1cc(/C=N/N2CCN(Cc3ccccc3)CC2)ccc1OC(C)=O. The highest BCUT2D eigenvalue weighted by Gasteiger charge is 2.15. The fourth-order valence-corrected chi connectivity index (χ4v) is 3.00. The average Bonchev–Trinajstić information content (AvgIpc) is 2.68. The molecule has 1 fully saturated rings. The first kappa shape index (κ1) is 18.9. The minimum Gasteiger partial charge on any atom is -0.493 e. The van der Waals surface area contributed by atoms with Crippen molar-refractivity contribution in [2.75, 3.05) is 33.3 Å². The Morgan fingerprint density at radius 2 is 1.81 bits per heavy atom. The number of hydrogen-bond acceptors (Lipinski definition) is 6. The van der Waals surface area contributed by atoms with E-state index in [0.717, 1.165) is 38.3 Å². The molecule has 0 amide bonds. The van der Waals surface area contributed by atoms with Crippen LogP contribution in [0.1, 0.15) is 18.1 Å². The smallest absolute Gasteiger partial charge is 0.308 e. The molecule has 0 radical (unpaired) electrons. The van der Waals surface area contributed by atoms with Gasteiger partial charge in [0, 0.05) is 39.6 Å². The number of benzene rings is 2. The third-order valence-corrected chi connectivity index (χ3v) is 4.41. The maximum Gasteiger partial charge on any atom is 0.308 e. The number of ether oxygens (including phenoxy) is 2. The molecule has 1 saturated heterocycles. The fraction of sp³-hybridized carbons (Fsp3) is 0.333. The van der Waals surface area contributed by atoms with Gasteiger partial charge >= 0.3 is 5.97 Å². The highest BCUT2D eigenvalue weighted by Crippen LogP contribution is 2.27. The lowest BCUT2D eigenvalue weighted by Gasteiger charge is -2.33. The van der Waals surface area contributed by atoms with Crippen LogP contribution in [-0.4, -0.2) is 55.4 Å². The van der Waals surface area contributed by atoms with E-state index in [1.165, 1.54) is 12.5 Å². The van der Waals surface area contributed by atoms with Crippen molar-refractivity contribution in [3.8, 4) is 11.5 Å². The molecule has 1 aliphatic heterocycles. The van der Waals surface area contributed by atoms with Gasteiger partial charge in [0.25, 0.3) is 0 Å². The van der Waals surface area contributed by atoms with Gasteiger partial charge in [-0.25, -0.2) is 0 Å². The molecule has 1 aliphatic rings. The fourth-order valence-electron chi connectivity index (χ4n) is 3.00. The minimum atomic E-state index is -0.372. The molecule has 0 atom stereocenters. The number of hydrazone groups is 1. The Balaban J connectivity index is 1.54. The van der Waals surface area contributed by atoms with E-state index in [9.17, 15) is 4.79 Å². The summed E-state index contributed by atoms with van der Waals surface area (Å²) in [5, 5.41) is 6.66. The second kappa shape index (κ2) is 9.19. The van der Waals surface area contributed by atoms with E-state index in [4.69, 9.17) is 9.47 Å². The van der Waals surface area contributed by atoms with Gasteiger partial charge < -0.3 is 9.47 Å². The van der Waals surface area contributed by atoms with Crippen LogP contribution in [-0.2, 0) is 11.3 Å². The zero-order valence-electron chi connectivity index (χ0n) is 15.8. The van der Waals surface area contributed by atoms with Crippen LogP contribution >= 0.6 is 0 Å². The Labute approximate surface area is 160 Å². The Morgan fingerprint density at radius 1 is 1.07 bits per heavy atom. The van der Waals surface area contributed by atoms with E-state index in [2.05, 4.69) is 39.3 Å². The molecule has 142 valence electrons. The van der Waals surface area contributed by atoms with Crippen molar-refractivity contribution >= 4 is 12.2 Å². The van der Waals surface area contributed by atoms with Crippen LogP contribution in [0.5, 0.6) is 11.5 Å². The van der Waals surface area contributed by atoms with Gasteiger partial charge in [-0.3, -0.25) is 14.7 Å². The van der Waals surface area contributed by atoms with Crippen molar-refractivity contribution in [1.29, 1.82) is 0 Å². The van der Waals surface area contributed by atoms with Crippen LogP contribution in [0.4, 0.5) is 0 Å². The Kier molecular flexibility index (Phi) is 6.44. The standard InChI is InChI=1S/C21H25N3O3/c1-17(25)27-20-9-8-19(14-21(20)26-2)15-22-24-12-10-23(11-13-24)16-18-6-4-3-5-7-18/h3-9,14-15H,10-13,16H2,1-2H3/b22-15+. The molecule has 6 nitrogen and oxygen atoms in total. The predicted octanol–water partition coefficient (Wildman–Crippen LogP) is 2.77. The molecule has 27 heavy (non-hydrogen) atoms. The Hall–Kier alpha value is -2.86. The van der Waals surface area contributed by atoms with Crippen molar-refractivity contribution in [1.82, 2.24) is 9.91 Å². The summed E-state index contributed by atoms with van der Waals surface area (Å²) in [6.07, 6.45) is 1.81. The van der Waals surface area contributed by atoms with Crippen LogP contribution in [0.25, 0.3) is 0 Å². The molecular weight excluding hydrogens is 342 g/mol. The summed E-state index contributed by atoms with van der Waals surface area (Å²) in [7, 11) is 1.55. The summed E-state index contributed by atoms with van der Waals surface area (Å²) >= 11 is 0. The normalized spacial score (nSPS) is 15.1. The van der Waals surface area contributed by atoms with Crippen molar-refractivity contribution < 1.29 is 14.3 Å². The molecule has 3 rings (SSSR count). The molecular formula is C21H25N3O3. The van der Waals surface area contributed by atoms with Crippen molar-refractivity contribution in [2.24, 2.45) is 5.10 Å². The predicted molar refractivity (Wildman–Crippen MR) is 105 cm³/mol. The average molecular weight is 367 g/mol. The van der Waals surface area contributed by atoms with Crippen LogP contribution in [0.15, 0.2) is 53.6 Å². The summed E-state index contributed by atoms with van der Waals surface area (Å²) < 4.78 is 10.4. The highest BCUT2D eigenvalue weighted by molar-refractivity contribution is 5.81. The van der Waals surface area contributed by atoms with Gasteiger partial charge in [0.15, 0.2) is 11.5 Å². The van der Waals surface area contributed by atoms with Gasteiger partial charge in [-0.15, -0.1) is 0 Å². The summed E-state index contributed by atoms with van der Waals surface area (Å²) in [5.41, 5.74) is 2.24. The maximum absolute atomic E-state index is 11.1. The van der Waals surface area contributed by atoms with E-state index < -0.39 is 0 Å². The summed E-state index contributed by atoms with van der Waals surface area (Å²) in [6.45, 7) is 6.11. The van der Waals surface area contributed by atoms with E-state index in [1.54, 1.807) is 13.2 Å². The third kappa shape index (κ3) is 5.56. The van der Waals surface area contributed by atoms with Gasteiger partial charge in [0.05, 0.1) is 13.3 Å². The largest absolute Gasteiger partial charge is 0.493 e. The molecule has 0 aromatic heterocycles. The van der Waals surface area contributed by atoms with Gasteiger partial charge in [-0.05, 0) is 29.3 Å². The number of methoxy groups -OCH3 is 1. The Bertz CT molecular complexity index is 785. The highest BCUT2D eigenvalue weighted by atomic mass is 16.6. The van der Waals surface area contributed by atoms with Gasteiger partial charge in [-0.1, -0.05) is 30.3 Å². The number of rotatable bonds is 6. The molecule has 6 heteroatoms. The molecule has 1 heterocycles. The first-order valence-electron chi connectivity index (χ1n) is 9.06. The summed E-state index contributed by atoms with van der Waals surface area (Å²) in [6, 6.07) is 15.9. The summed E-state index contributed by atoms with van der Waals surface area (Å²) in [4.78, 5) is 13.6. The maximum atomic E-state index is 11.1. The molecule has 0 spiro atoms. The number of esters is 1. The van der Waals surface area contributed by atoms with Gasteiger partial charge in [-0.2, -0.15) is 5.10 Å². The Morgan fingerprint density at radius 3 is 2.48 bits per heavy atom. The monoisotopic (exact) mass is 367 g/mol. The number of nitrogens with zero attached hydrogens (tertiary/aromatic N) is 3. The molecule has 0 bridgehead atoms. The third-order valence-electron chi connectivity index (χ3n) is 4.41. The van der Waals surface area contributed by atoms with Gasteiger partial charge in [0.2, 0.25) is 0 Å². The zero-order chi connectivity index (χ0) is 19.1. The van der Waals surface area contributed by atoms with Crippen molar-refractivity contribution in [2.45, 2.75) is 13.5 Å². The second-order valence-corrected chi connectivity index (χ2v) is 6.46. The quantitative estimate of drug-likeness (QED) is 0.446. The van der Waals surface area contributed by atoms with E-state index in [0.29, 0.717) is 11.5 Å². The molecule has 0 saturated carbocycles. The number of piperazine rings is 1. The number of carbonyl (C=O) groups excluding carboxylic acids is 1. The second-order valence-electron chi connectivity index (χ2n) is 6.46. The van der Waals surface area contributed by atoms with Gasteiger partial charge in [0.1, 0.15) is 0 Å². The van der Waals surface area contributed by atoms with Crippen molar-refractivity contribution in [3.05, 3.63) is 59.7 Å². The zero-order valence-corrected chi connectivity index (χ0v) is 15.8. The number of carbonyl (C=O) groups is 1. The molecule has 2 aromatic carbocycles. The van der Waals surface area contributed by atoms with Crippen LogP contribution < -0.4 is 9.47 Å². The van der Waals surface area contributed by atoms with E-state index >= 15 is 0 Å². The topological polar surface area (TPSA) is 54.4 Å². The van der Waals surface area contributed by atoms with Crippen LogP contribution in [0.3, 0.4) is 0 Å². The number of hydrogen-bond donors (Lipinski definition) is 0. The molecule has 0 unspecified atom stereocenters. The van der Waals surface area contributed by atoms with E-state index in [-0.39, 0.29) is 5.97 Å². The van der Waals surface area contributed by atoms with Crippen LogP contribution in [0, 0.1) is 0 Å². The first-order chi connectivity index (χ1) is 13.1. The lowest BCUT2D eigenvalue weighted by Crippen LogP contribution is -2.43. The molecule has 0 aliphatic carbocycles. The summed E-state index contributed by atoms with van der Waals surface area (Å²) in [5.74, 6) is 0.557. The molecule has 2 aromatic rings. The lowest BCUT2D eigenvalue weighted by molar-refractivity contribution is -0.132. The molecule has 0 N–H and O–H groups in total. The van der Waals surface area contributed by atoms with Crippen molar-refractivity contribution in [3.63, 3.8) is 0 Å². The van der Waals surface area contributed by atoms with E-state index in [1.807, 2.05) is 24.4 Å². The first-order valence-corrected chi connectivity index (χ1v) is 9.06. The lowest BCUT2D eigenvalue weighted by atomic mass is 10.2.